The van der Waals surface area contributed by atoms with Gasteiger partial charge in [0.05, 0.1) is 16.8 Å². The van der Waals surface area contributed by atoms with Gasteiger partial charge in [-0.3, -0.25) is 14.6 Å². The topological polar surface area (TPSA) is 114 Å². The number of hydrogen-bond acceptors (Lipinski definition) is 6. The third-order valence-electron chi connectivity index (χ3n) is 5.26. The molecule has 1 heterocycles. The number of nitrogens with zero attached hydrogens (tertiary/aromatic N) is 1. The molecule has 2 aromatic rings. The number of hydrogen-bond donors (Lipinski definition) is 2. The lowest BCUT2D eigenvalue weighted by atomic mass is 10.0. The number of benzene rings is 1. The van der Waals surface area contributed by atoms with Gasteiger partial charge in [0.2, 0.25) is 11.8 Å². The van der Waals surface area contributed by atoms with Gasteiger partial charge in [0.15, 0.2) is 9.84 Å². The molecule has 0 unspecified atom stereocenters. The second-order valence-electron chi connectivity index (χ2n) is 8.45. The van der Waals surface area contributed by atoms with E-state index in [1.165, 1.54) is 25.3 Å². The molecule has 0 radical (unpaired) electrons. The molecule has 14 heteroatoms. The van der Waals surface area contributed by atoms with Crippen molar-refractivity contribution in [3.8, 4) is 16.9 Å². The zero-order chi connectivity index (χ0) is 26.8. The lowest BCUT2D eigenvalue weighted by molar-refractivity contribution is -0.129. The number of carbonyl (C=O) groups is 2. The average molecular weight is 568 g/mol. The average Bonchev–Trinajstić information content (AvgIpc) is 3.51. The summed E-state index contributed by atoms with van der Waals surface area (Å²) in [5.74, 6) is -3.10. The number of alkyl halides is 2. The summed E-state index contributed by atoms with van der Waals surface area (Å²) in [6, 6.07) is 2.81. The second-order valence-corrected chi connectivity index (χ2v) is 11.4. The maximum atomic E-state index is 15.0. The van der Waals surface area contributed by atoms with Crippen molar-refractivity contribution in [1.82, 2.24) is 15.6 Å². The summed E-state index contributed by atoms with van der Waals surface area (Å²) >= 11 is 12.1. The van der Waals surface area contributed by atoms with Crippen LogP contribution < -0.4 is 15.4 Å². The number of pyridine rings is 1. The molecule has 0 spiro atoms. The molecule has 1 atom stereocenters. The van der Waals surface area contributed by atoms with E-state index in [1.54, 1.807) is 0 Å². The van der Waals surface area contributed by atoms with Crippen LogP contribution in [0.2, 0.25) is 10.0 Å². The second kappa shape index (κ2) is 10.8. The van der Waals surface area contributed by atoms with E-state index in [0.717, 1.165) is 12.3 Å². The zero-order valence-corrected chi connectivity index (χ0v) is 21.4. The van der Waals surface area contributed by atoms with Crippen molar-refractivity contribution >= 4 is 44.9 Å². The van der Waals surface area contributed by atoms with Crippen molar-refractivity contribution in [1.29, 1.82) is 0 Å². The monoisotopic (exact) mass is 567 g/mol. The molecule has 1 aliphatic carbocycles. The summed E-state index contributed by atoms with van der Waals surface area (Å²) in [6.07, 6.45) is -0.0201. The lowest BCUT2D eigenvalue weighted by Gasteiger charge is -2.21. The Morgan fingerprint density at radius 1 is 1.22 bits per heavy atom. The molecule has 196 valence electrons. The van der Waals surface area contributed by atoms with E-state index < -0.39 is 57.8 Å². The molecule has 1 aliphatic rings. The van der Waals surface area contributed by atoms with Crippen LogP contribution >= 0.6 is 23.2 Å². The molecular weight excluding hydrogens is 546 g/mol. The summed E-state index contributed by atoms with van der Waals surface area (Å²) in [7, 11) is -3.57. The number of ether oxygens (including phenoxy) is 1. The minimum atomic E-state index is -3.57. The summed E-state index contributed by atoms with van der Waals surface area (Å²) in [5.41, 5.74) is -1.10. The van der Waals surface area contributed by atoms with Crippen LogP contribution in [0.4, 0.5) is 13.2 Å². The smallest absolute Gasteiger partial charge is 0.272 e. The third kappa shape index (κ3) is 7.01. The van der Waals surface area contributed by atoms with Crippen LogP contribution in [0.15, 0.2) is 24.4 Å². The number of rotatable bonds is 10. The molecule has 3 rings (SSSR count). The predicted octanol–water partition coefficient (Wildman–Crippen LogP) is 3.71. The van der Waals surface area contributed by atoms with Crippen molar-refractivity contribution in [3.63, 3.8) is 0 Å². The van der Waals surface area contributed by atoms with Gasteiger partial charge in [-0.2, -0.15) is 0 Å². The number of aromatic nitrogens is 1. The molecule has 0 saturated heterocycles. The van der Waals surface area contributed by atoms with Gasteiger partial charge in [-0.1, -0.05) is 23.2 Å². The predicted molar refractivity (Wildman–Crippen MR) is 128 cm³/mol. The van der Waals surface area contributed by atoms with Crippen LogP contribution in [-0.4, -0.2) is 55.8 Å². The largest absolute Gasteiger partial charge is 0.485 e. The molecule has 2 amide bonds. The highest BCUT2D eigenvalue weighted by atomic mass is 35.5. The molecular formula is C22H22Cl2F3N3O5S. The van der Waals surface area contributed by atoms with E-state index >= 15 is 4.39 Å². The highest BCUT2D eigenvalue weighted by Gasteiger charge is 2.51. The molecule has 0 aliphatic heterocycles. The number of carbonyl (C=O) groups excluding carboxylic acids is 2. The van der Waals surface area contributed by atoms with Gasteiger partial charge in [-0.25, -0.2) is 21.6 Å². The maximum absolute atomic E-state index is 15.0. The summed E-state index contributed by atoms with van der Waals surface area (Å²) < 4.78 is 68.0. The Bertz CT molecular complexity index is 1290. The third-order valence-corrected chi connectivity index (χ3v) is 6.54. The van der Waals surface area contributed by atoms with Crippen molar-refractivity contribution in [2.75, 3.05) is 18.6 Å². The summed E-state index contributed by atoms with van der Waals surface area (Å²) in [4.78, 5) is 28.7. The Kier molecular flexibility index (Phi) is 8.41. The van der Waals surface area contributed by atoms with Crippen LogP contribution in [0, 0.1) is 5.82 Å². The lowest BCUT2D eigenvalue weighted by Crippen LogP contribution is -2.50. The zero-order valence-electron chi connectivity index (χ0n) is 19.1. The van der Waals surface area contributed by atoms with Crippen LogP contribution in [0.5, 0.6) is 5.75 Å². The number of amides is 2. The van der Waals surface area contributed by atoms with Gasteiger partial charge >= 0.3 is 0 Å². The standard InChI is InChI=1S/C22H22Cl2F3N3O5S/c1-11(29-21(32)22(3-4-22)30-18(31)10-36(2,33)34)19-16(25)5-12(8-28-19)14-6-13(23)7-15(24)20(14)35-9-17(26)27/h5-8,11,17H,3-4,9-10H2,1-2H3,(H,29,32)(H,30,31)/t11-/m1/s1. The normalized spacial score (nSPS) is 15.3. The maximum Gasteiger partial charge on any atom is 0.272 e. The quantitative estimate of drug-likeness (QED) is 0.452. The first-order valence-corrected chi connectivity index (χ1v) is 13.4. The Morgan fingerprint density at radius 2 is 1.89 bits per heavy atom. The van der Waals surface area contributed by atoms with E-state index in [9.17, 15) is 26.8 Å². The van der Waals surface area contributed by atoms with Gasteiger partial charge in [0, 0.05) is 28.6 Å². The number of halogens is 5. The highest BCUT2D eigenvalue weighted by Crippen LogP contribution is 2.40. The molecule has 1 fully saturated rings. The highest BCUT2D eigenvalue weighted by molar-refractivity contribution is 7.91. The first-order chi connectivity index (χ1) is 16.7. The molecule has 1 aromatic heterocycles. The molecule has 1 saturated carbocycles. The molecule has 2 N–H and O–H groups in total. The molecule has 8 nitrogen and oxygen atoms in total. The Labute approximate surface area is 215 Å². The van der Waals surface area contributed by atoms with Gasteiger partial charge < -0.3 is 15.4 Å². The fourth-order valence-electron chi connectivity index (χ4n) is 3.46. The molecule has 0 bridgehead atoms. The number of sulfone groups is 1. The minimum Gasteiger partial charge on any atom is -0.485 e. The van der Waals surface area contributed by atoms with Crippen molar-refractivity contribution in [2.45, 2.75) is 37.8 Å². The Hall–Kier alpha value is -2.57. The SMILES string of the molecule is C[C@@H](NC(=O)C1(NC(=O)CS(C)(=O)=O)CC1)c1ncc(-c2cc(Cl)cc(Cl)c2OCC(F)F)cc1F. The minimum absolute atomic E-state index is 0.0454. The van der Waals surface area contributed by atoms with Gasteiger partial charge in [0.25, 0.3) is 6.43 Å². The van der Waals surface area contributed by atoms with Crippen molar-refractivity contribution in [2.24, 2.45) is 0 Å². The van der Waals surface area contributed by atoms with E-state index in [2.05, 4.69) is 15.6 Å². The number of nitrogens with one attached hydrogen (secondary N) is 2. The van der Waals surface area contributed by atoms with Gasteiger partial charge in [-0.05, 0) is 38.0 Å². The van der Waals surface area contributed by atoms with Crippen molar-refractivity contribution in [3.05, 3.63) is 46.0 Å². The molecule has 36 heavy (non-hydrogen) atoms. The van der Waals surface area contributed by atoms with Crippen LogP contribution in [0.1, 0.15) is 31.5 Å². The Morgan fingerprint density at radius 3 is 2.44 bits per heavy atom. The van der Waals surface area contributed by atoms with Gasteiger partial charge in [0.1, 0.15) is 29.5 Å². The first-order valence-electron chi connectivity index (χ1n) is 10.6. The van der Waals surface area contributed by atoms with Crippen molar-refractivity contribution < 1.29 is 35.9 Å². The summed E-state index contributed by atoms with van der Waals surface area (Å²) in [6.45, 7) is 0.540. The van der Waals surface area contributed by atoms with E-state index in [1.807, 2.05) is 0 Å². The fraction of sp³-hybridized carbons (Fsp3) is 0.409. The molecule has 1 aromatic carbocycles. The van der Waals surface area contributed by atoms with Gasteiger partial charge in [-0.15, -0.1) is 0 Å². The first kappa shape index (κ1) is 28.0. The Balaban J connectivity index is 1.78. The van der Waals surface area contributed by atoms with Crippen LogP contribution in [0.25, 0.3) is 11.1 Å². The summed E-state index contributed by atoms with van der Waals surface area (Å²) in [5, 5.41) is 5.12. The van der Waals surface area contributed by atoms with E-state index in [-0.39, 0.29) is 32.6 Å². The van der Waals surface area contributed by atoms with E-state index in [4.69, 9.17) is 27.9 Å². The van der Waals surface area contributed by atoms with E-state index in [0.29, 0.717) is 12.8 Å². The van der Waals surface area contributed by atoms with Crippen LogP contribution in [0.3, 0.4) is 0 Å². The fourth-order valence-corrected chi connectivity index (χ4v) is 4.56. The van der Waals surface area contributed by atoms with Crippen LogP contribution in [-0.2, 0) is 19.4 Å².